The summed E-state index contributed by atoms with van der Waals surface area (Å²) in [4.78, 5) is 35.7. The van der Waals surface area contributed by atoms with Gasteiger partial charge < -0.3 is 15.8 Å². The molecule has 0 aromatic heterocycles. The maximum absolute atomic E-state index is 12.5. The minimum atomic E-state index is -0.560. The largest absolute Gasteiger partial charge is 0.463 e. The second-order valence-electron chi connectivity index (χ2n) is 6.12. The number of ether oxygens (including phenoxy) is 1. The monoisotopic (exact) mass is 354 g/mol. The Hall–Kier alpha value is -3.15. The number of hydrogen-bond donors (Lipinski definition) is 2. The molecule has 1 atom stereocenters. The van der Waals surface area contributed by atoms with Crippen LogP contribution in [0.2, 0.25) is 0 Å². The number of nitrogens with one attached hydrogen (secondary N) is 1. The van der Waals surface area contributed by atoms with Gasteiger partial charge in [-0.1, -0.05) is 30.3 Å². The summed E-state index contributed by atoms with van der Waals surface area (Å²) in [7, 11) is 0. The molecule has 6 nitrogen and oxygen atoms in total. The maximum Gasteiger partial charge on any atom is 0.308 e. The smallest absolute Gasteiger partial charge is 0.308 e. The first-order valence-corrected chi connectivity index (χ1v) is 8.32. The van der Waals surface area contributed by atoms with Crippen molar-refractivity contribution in [2.75, 3.05) is 0 Å². The van der Waals surface area contributed by atoms with Gasteiger partial charge in [0.05, 0.1) is 18.6 Å². The number of nitrogens with two attached hydrogens (primary N) is 1. The van der Waals surface area contributed by atoms with E-state index in [0.717, 1.165) is 5.56 Å². The van der Waals surface area contributed by atoms with Gasteiger partial charge in [-0.25, -0.2) is 0 Å². The van der Waals surface area contributed by atoms with E-state index in [2.05, 4.69) is 5.32 Å². The van der Waals surface area contributed by atoms with Crippen molar-refractivity contribution in [2.24, 2.45) is 5.73 Å². The van der Waals surface area contributed by atoms with Gasteiger partial charge in [0.2, 0.25) is 5.91 Å². The van der Waals surface area contributed by atoms with Crippen LogP contribution in [0.1, 0.15) is 52.6 Å². The zero-order valence-electron chi connectivity index (χ0n) is 14.8. The first-order valence-electron chi connectivity index (χ1n) is 8.32. The molecule has 0 bridgehead atoms. The fourth-order valence-corrected chi connectivity index (χ4v) is 2.44. The number of carbonyl (C=O) groups excluding carboxylic acids is 3. The second kappa shape index (κ2) is 8.80. The average Bonchev–Trinajstić information content (AvgIpc) is 2.61. The van der Waals surface area contributed by atoms with Crippen molar-refractivity contribution in [3.63, 3.8) is 0 Å². The molecule has 0 heterocycles. The Morgan fingerprint density at radius 3 is 2.08 bits per heavy atom. The number of hydrogen-bond acceptors (Lipinski definition) is 4. The van der Waals surface area contributed by atoms with Crippen LogP contribution in [0, 0.1) is 0 Å². The third-order valence-electron chi connectivity index (χ3n) is 3.68. The van der Waals surface area contributed by atoms with Crippen molar-refractivity contribution in [3.05, 3.63) is 71.3 Å². The van der Waals surface area contributed by atoms with Gasteiger partial charge in [-0.2, -0.15) is 0 Å². The van der Waals surface area contributed by atoms with E-state index < -0.39 is 17.9 Å². The third-order valence-corrected chi connectivity index (χ3v) is 3.68. The van der Waals surface area contributed by atoms with Gasteiger partial charge in [0, 0.05) is 11.1 Å². The topological polar surface area (TPSA) is 98.5 Å². The van der Waals surface area contributed by atoms with E-state index in [4.69, 9.17) is 10.5 Å². The quantitative estimate of drug-likeness (QED) is 0.747. The summed E-state index contributed by atoms with van der Waals surface area (Å²) in [6.07, 6.45) is -0.205. The lowest BCUT2D eigenvalue weighted by atomic mass is 10.0. The first-order chi connectivity index (χ1) is 12.4. The van der Waals surface area contributed by atoms with Gasteiger partial charge in [0.15, 0.2) is 0 Å². The van der Waals surface area contributed by atoms with E-state index in [1.54, 1.807) is 13.8 Å². The molecule has 0 aliphatic rings. The number of benzene rings is 2. The van der Waals surface area contributed by atoms with Gasteiger partial charge in [0.25, 0.3) is 5.91 Å². The molecule has 0 saturated carbocycles. The van der Waals surface area contributed by atoms with Gasteiger partial charge in [0.1, 0.15) is 0 Å². The van der Waals surface area contributed by atoms with E-state index in [0.29, 0.717) is 11.1 Å². The van der Waals surface area contributed by atoms with Gasteiger partial charge in [-0.05, 0) is 43.7 Å². The Morgan fingerprint density at radius 1 is 0.962 bits per heavy atom. The van der Waals surface area contributed by atoms with Gasteiger partial charge >= 0.3 is 5.97 Å². The molecule has 2 amide bonds. The SMILES string of the molecule is CC(C)OC(=O)CC(NC(=O)c1ccc(C(N)=O)cc1)c1ccccc1. The van der Waals surface area contributed by atoms with Crippen LogP contribution in [0.25, 0.3) is 0 Å². The molecular weight excluding hydrogens is 332 g/mol. The van der Waals surface area contributed by atoms with E-state index in [-0.39, 0.29) is 18.4 Å². The standard InChI is InChI=1S/C20H22N2O4/c1-13(2)26-18(23)12-17(14-6-4-3-5-7-14)22-20(25)16-10-8-15(9-11-16)19(21)24/h3-11,13,17H,12H2,1-2H3,(H2,21,24)(H,22,25). The van der Waals surface area contributed by atoms with Crippen molar-refractivity contribution < 1.29 is 19.1 Å². The van der Waals surface area contributed by atoms with Crippen molar-refractivity contribution in [2.45, 2.75) is 32.4 Å². The molecule has 136 valence electrons. The Balaban J connectivity index is 2.16. The predicted octanol–water partition coefficient (Wildman–Crippen LogP) is 2.60. The number of esters is 1. The highest BCUT2D eigenvalue weighted by Gasteiger charge is 2.20. The van der Waals surface area contributed by atoms with E-state index >= 15 is 0 Å². The fourth-order valence-electron chi connectivity index (χ4n) is 2.44. The van der Waals surface area contributed by atoms with Gasteiger partial charge in [-0.15, -0.1) is 0 Å². The molecule has 3 N–H and O–H groups in total. The Bertz CT molecular complexity index is 770. The maximum atomic E-state index is 12.5. The molecular formula is C20H22N2O4. The summed E-state index contributed by atoms with van der Waals surface area (Å²) < 4.78 is 5.19. The minimum Gasteiger partial charge on any atom is -0.463 e. The zero-order chi connectivity index (χ0) is 19.1. The minimum absolute atomic E-state index is 0.0211. The number of amides is 2. The highest BCUT2D eigenvalue weighted by Crippen LogP contribution is 2.19. The van der Waals surface area contributed by atoms with Crippen molar-refractivity contribution in [1.29, 1.82) is 0 Å². The summed E-state index contributed by atoms with van der Waals surface area (Å²) in [5.41, 5.74) is 6.69. The molecule has 2 aromatic rings. The van der Waals surface area contributed by atoms with Crippen LogP contribution in [0.4, 0.5) is 0 Å². The van der Waals surface area contributed by atoms with Gasteiger partial charge in [-0.3, -0.25) is 14.4 Å². The first kappa shape index (κ1) is 19.2. The highest BCUT2D eigenvalue weighted by atomic mass is 16.5. The van der Waals surface area contributed by atoms with Crippen LogP contribution in [0.5, 0.6) is 0 Å². The molecule has 0 aliphatic carbocycles. The fraction of sp³-hybridized carbons (Fsp3) is 0.250. The van der Waals surface area contributed by atoms with E-state index in [1.807, 2.05) is 30.3 Å². The van der Waals surface area contributed by atoms with E-state index in [9.17, 15) is 14.4 Å². The average molecular weight is 354 g/mol. The summed E-state index contributed by atoms with van der Waals surface area (Å²) in [6, 6.07) is 14.7. The molecule has 6 heteroatoms. The van der Waals surface area contributed by atoms with Crippen molar-refractivity contribution in [3.8, 4) is 0 Å². The van der Waals surface area contributed by atoms with Crippen LogP contribution in [-0.4, -0.2) is 23.9 Å². The lowest BCUT2D eigenvalue weighted by Crippen LogP contribution is -2.31. The Kier molecular flexibility index (Phi) is 6.49. The molecule has 0 fully saturated rings. The summed E-state index contributed by atoms with van der Waals surface area (Å²) in [5, 5.41) is 2.85. The van der Waals surface area contributed by atoms with E-state index in [1.165, 1.54) is 24.3 Å². The summed E-state index contributed by atoms with van der Waals surface area (Å²) in [6.45, 7) is 3.54. The van der Waals surface area contributed by atoms with Crippen LogP contribution >= 0.6 is 0 Å². The molecule has 0 radical (unpaired) electrons. The van der Waals surface area contributed by atoms with Crippen LogP contribution in [0.15, 0.2) is 54.6 Å². The molecule has 0 aliphatic heterocycles. The molecule has 2 rings (SSSR count). The van der Waals surface area contributed by atoms with Crippen LogP contribution < -0.4 is 11.1 Å². The molecule has 2 aromatic carbocycles. The lowest BCUT2D eigenvalue weighted by Gasteiger charge is -2.19. The predicted molar refractivity (Wildman–Crippen MR) is 97.5 cm³/mol. The van der Waals surface area contributed by atoms with Crippen LogP contribution in [0.3, 0.4) is 0 Å². The molecule has 0 saturated heterocycles. The summed E-state index contributed by atoms with van der Waals surface area (Å²) >= 11 is 0. The molecule has 26 heavy (non-hydrogen) atoms. The normalized spacial score (nSPS) is 11.7. The Morgan fingerprint density at radius 2 is 1.54 bits per heavy atom. The molecule has 0 spiro atoms. The van der Waals surface area contributed by atoms with Crippen LogP contribution in [-0.2, 0) is 9.53 Å². The second-order valence-corrected chi connectivity index (χ2v) is 6.12. The Labute approximate surface area is 152 Å². The van der Waals surface area contributed by atoms with Crippen molar-refractivity contribution >= 4 is 17.8 Å². The number of primary amides is 1. The third kappa shape index (κ3) is 5.44. The number of rotatable bonds is 7. The highest BCUT2D eigenvalue weighted by molar-refractivity contribution is 5.97. The van der Waals surface area contributed by atoms with Crippen molar-refractivity contribution in [1.82, 2.24) is 5.32 Å². The zero-order valence-corrected chi connectivity index (χ0v) is 14.8. The summed E-state index contributed by atoms with van der Waals surface area (Å²) in [5.74, 6) is -1.30. The molecule has 1 unspecified atom stereocenters. The number of carbonyl (C=O) groups is 3. The lowest BCUT2D eigenvalue weighted by molar-refractivity contribution is -0.147.